The van der Waals surface area contributed by atoms with Gasteiger partial charge in [0.25, 0.3) is 0 Å². The van der Waals surface area contributed by atoms with E-state index in [1.807, 2.05) is 0 Å². The lowest BCUT2D eigenvalue weighted by Crippen LogP contribution is -2.16. The highest BCUT2D eigenvalue weighted by atomic mass is 16.6. The molecule has 0 radical (unpaired) electrons. The summed E-state index contributed by atoms with van der Waals surface area (Å²) in [5.74, 6) is 0.733. The molecular weight excluding hydrogens is 354 g/mol. The van der Waals surface area contributed by atoms with E-state index in [0.717, 1.165) is 0 Å². The van der Waals surface area contributed by atoms with Crippen molar-refractivity contribution < 1.29 is 28.8 Å². The second-order valence-corrected chi connectivity index (χ2v) is 5.58. The van der Waals surface area contributed by atoms with Crippen LogP contribution in [-0.4, -0.2) is 31.4 Å². The Labute approximate surface area is 154 Å². The maximum absolute atomic E-state index is 12.2. The number of phenols is 1. The van der Waals surface area contributed by atoms with Crippen LogP contribution in [0.25, 0.3) is 6.08 Å². The van der Waals surface area contributed by atoms with Gasteiger partial charge in [-0.05, 0) is 29.8 Å². The van der Waals surface area contributed by atoms with Gasteiger partial charge in [0, 0.05) is 17.7 Å². The fourth-order valence-corrected chi connectivity index (χ4v) is 2.50. The quantitative estimate of drug-likeness (QED) is 0.360. The maximum Gasteiger partial charge on any atom is 0.336 e. The highest BCUT2D eigenvalue weighted by molar-refractivity contribution is 5.89. The Hall–Kier alpha value is -3.55. The smallest absolute Gasteiger partial charge is 0.336 e. The van der Waals surface area contributed by atoms with Crippen molar-refractivity contribution in [2.75, 3.05) is 20.3 Å². The number of hydrogen-bond acceptors (Lipinski definition) is 8. The fourth-order valence-electron chi connectivity index (χ4n) is 2.50. The lowest BCUT2D eigenvalue weighted by Gasteiger charge is -2.20. The van der Waals surface area contributed by atoms with E-state index in [9.17, 15) is 14.8 Å². The molecule has 0 bridgehead atoms. The Morgan fingerprint density at radius 3 is 2.63 bits per heavy atom. The first kappa shape index (κ1) is 18.2. The minimum atomic E-state index is -0.647. The van der Waals surface area contributed by atoms with Gasteiger partial charge in [0.05, 0.1) is 7.11 Å². The molecule has 2 aromatic rings. The number of carbonyl (C=O) groups excluding carboxylic acids is 1. The molecule has 8 heteroatoms. The second-order valence-electron chi connectivity index (χ2n) is 5.58. The number of phenolic OH excluding ortho intramolecular Hbond substituents is 1. The Balaban J connectivity index is 1.78. The van der Waals surface area contributed by atoms with Crippen molar-refractivity contribution in [2.45, 2.75) is 6.54 Å². The summed E-state index contributed by atoms with van der Waals surface area (Å²) >= 11 is 0. The first-order valence-electron chi connectivity index (χ1n) is 8.09. The molecular formula is C19H17NO7. The highest BCUT2D eigenvalue weighted by Crippen LogP contribution is 2.37. The zero-order valence-electron chi connectivity index (χ0n) is 14.5. The van der Waals surface area contributed by atoms with Crippen molar-refractivity contribution in [3.05, 3.63) is 52.4 Å². The largest absolute Gasteiger partial charge is 0.504 e. The molecule has 1 heterocycles. The topological polar surface area (TPSA) is 104 Å². The van der Waals surface area contributed by atoms with Gasteiger partial charge in [-0.15, -0.1) is 0 Å². The molecule has 1 aliphatic rings. The molecule has 0 spiro atoms. The van der Waals surface area contributed by atoms with Gasteiger partial charge in [-0.1, -0.05) is 11.2 Å². The van der Waals surface area contributed by atoms with Crippen molar-refractivity contribution >= 4 is 12.0 Å². The molecule has 27 heavy (non-hydrogen) atoms. The molecule has 140 valence electrons. The van der Waals surface area contributed by atoms with Crippen LogP contribution in [0.15, 0.2) is 41.6 Å². The molecule has 0 saturated heterocycles. The zero-order chi connectivity index (χ0) is 19.2. The van der Waals surface area contributed by atoms with Crippen LogP contribution in [0.3, 0.4) is 0 Å². The maximum atomic E-state index is 12.2. The molecule has 0 aliphatic carbocycles. The van der Waals surface area contributed by atoms with Crippen molar-refractivity contribution in [1.82, 2.24) is 0 Å². The van der Waals surface area contributed by atoms with Gasteiger partial charge in [0.2, 0.25) is 0 Å². The van der Waals surface area contributed by atoms with E-state index in [2.05, 4.69) is 5.18 Å². The number of rotatable bonds is 6. The minimum absolute atomic E-state index is 0.000454. The number of hydrogen-bond donors (Lipinski definition) is 1. The third-order valence-electron chi connectivity index (χ3n) is 3.79. The van der Waals surface area contributed by atoms with Gasteiger partial charge in [-0.2, -0.15) is 4.91 Å². The Morgan fingerprint density at radius 1 is 1.19 bits per heavy atom. The van der Waals surface area contributed by atoms with Gasteiger partial charge in [-0.25, -0.2) is 4.79 Å². The predicted molar refractivity (Wildman–Crippen MR) is 96.3 cm³/mol. The number of carbonyl (C=O) groups is 1. The molecule has 0 unspecified atom stereocenters. The van der Waals surface area contributed by atoms with Gasteiger partial charge in [0.1, 0.15) is 25.5 Å². The third-order valence-corrected chi connectivity index (χ3v) is 3.79. The summed E-state index contributed by atoms with van der Waals surface area (Å²) in [7, 11) is 1.43. The number of aromatic hydroxyl groups is 1. The van der Waals surface area contributed by atoms with Crippen LogP contribution in [0, 0.1) is 4.91 Å². The molecule has 0 saturated carbocycles. The van der Waals surface area contributed by atoms with Crippen molar-refractivity contribution in [3.8, 4) is 28.7 Å². The highest BCUT2D eigenvalue weighted by Gasteiger charge is 2.18. The number of fused-ring (bicyclic) bond motifs is 1. The Kier molecular flexibility index (Phi) is 5.55. The van der Waals surface area contributed by atoms with Crippen molar-refractivity contribution in [2.24, 2.45) is 5.18 Å². The van der Waals surface area contributed by atoms with Crippen LogP contribution < -0.4 is 18.9 Å². The standard InChI is InChI=1S/C19H17NO7/c1-24-16-8-12(2-4-14(16)21)3-5-19(22)27-15-10-18-17(25-6-7-26-18)9-13(15)11-20-23/h2-5,8-10,21H,6-7,11H2,1H3/b5-3+. The third kappa shape index (κ3) is 4.35. The molecule has 1 aliphatic heterocycles. The van der Waals surface area contributed by atoms with Gasteiger partial charge >= 0.3 is 5.97 Å². The van der Waals surface area contributed by atoms with E-state index in [4.69, 9.17) is 18.9 Å². The van der Waals surface area contributed by atoms with Gasteiger partial charge in [-0.3, -0.25) is 0 Å². The Bertz CT molecular complexity index is 892. The van der Waals surface area contributed by atoms with E-state index in [-0.39, 0.29) is 23.8 Å². The van der Waals surface area contributed by atoms with Crippen LogP contribution in [0.4, 0.5) is 0 Å². The number of ether oxygens (including phenoxy) is 4. The summed E-state index contributed by atoms with van der Waals surface area (Å²) in [6.45, 7) is 0.616. The molecule has 1 N–H and O–H groups in total. The SMILES string of the molecule is COc1cc(/C=C/C(=O)Oc2cc3c(cc2CN=O)OCCO3)ccc1O. The molecule has 2 aromatic carbocycles. The zero-order valence-corrected chi connectivity index (χ0v) is 14.5. The summed E-state index contributed by atoms with van der Waals surface area (Å²) in [4.78, 5) is 22.8. The lowest BCUT2D eigenvalue weighted by molar-refractivity contribution is -0.128. The first-order valence-corrected chi connectivity index (χ1v) is 8.09. The molecule has 0 amide bonds. The van der Waals surface area contributed by atoms with Gasteiger partial charge in [0.15, 0.2) is 23.0 Å². The minimum Gasteiger partial charge on any atom is -0.504 e. The van der Waals surface area contributed by atoms with E-state index in [1.54, 1.807) is 18.2 Å². The molecule has 3 rings (SSSR count). The van der Waals surface area contributed by atoms with Crippen LogP contribution in [-0.2, 0) is 11.3 Å². The molecule has 0 fully saturated rings. The predicted octanol–water partition coefficient (Wildman–Crippen LogP) is 3.06. The summed E-state index contributed by atoms with van der Waals surface area (Å²) in [6, 6.07) is 7.73. The normalized spacial score (nSPS) is 12.6. The number of benzene rings is 2. The van der Waals surface area contributed by atoms with Crippen LogP contribution in [0.5, 0.6) is 28.7 Å². The molecule has 0 atom stereocenters. The lowest BCUT2D eigenvalue weighted by atomic mass is 10.1. The fraction of sp³-hybridized carbons (Fsp3) is 0.211. The van der Waals surface area contributed by atoms with Crippen LogP contribution in [0.2, 0.25) is 0 Å². The van der Waals surface area contributed by atoms with E-state index in [1.165, 1.54) is 31.4 Å². The Morgan fingerprint density at radius 2 is 1.93 bits per heavy atom. The van der Waals surface area contributed by atoms with E-state index in [0.29, 0.717) is 35.8 Å². The molecule has 0 aromatic heterocycles. The average molecular weight is 371 g/mol. The number of nitroso groups, excluding NO2 is 1. The monoisotopic (exact) mass is 371 g/mol. The van der Waals surface area contributed by atoms with Crippen LogP contribution in [0.1, 0.15) is 11.1 Å². The summed E-state index contributed by atoms with van der Waals surface area (Å²) in [5.41, 5.74) is 1.06. The number of methoxy groups -OCH3 is 1. The van der Waals surface area contributed by atoms with Gasteiger partial charge < -0.3 is 24.1 Å². The van der Waals surface area contributed by atoms with Crippen molar-refractivity contribution in [1.29, 1.82) is 0 Å². The second kappa shape index (κ2) is 8.22. The number of esters is 1. The molecule has 8 nitrogen and oxygen atoms in total. The summed E-state index contributed by atoms with van der Waals surface area (Å²) < 4.78 is 21.3. The van der Waals surface area contributed by atoms with Crippen molar-refractivity contribution in [3.63, 3.8) is 0 Å². The van der Waals surface area contributed by atoms with Crippen LogP contribution >= 0.6 is 0 Å². The average Bonchev–Trinajstić information content (AvgIpc) is 2.68. The summed E-state index contributed by atoms with van der Waals surface area (Å²) in [6.07, 6.45) is 2.74. The first-order chi connectivity index (χ1) is 13.1. The van der Waals surface area contributed by atoms with E-state index >= 15 is 0 Å². The van der Waals surface area contributed by atoms with E-state index < -0.39 is 5.97 Å². The summed E-state index contributed by atoms with van der Waals surface area (Å²) in [5, 5.41) is 12.4. The number of nitrogens with zero attached hydrogens (tertiary/aromatic N) is 1.